The minimum atomic E-state index is -0.434. The molecule has 1 amide bonds. The number of ether oxygens (including phenoxy) is 2. The first-order valence-electron chi connectivity index (χ1n) is 5.09. The fourth-order valence-corrected chi connectivity index (χ4v) is 1.02. The first kappa shape index (κ1) is 14.1. The first-order valence-corrected chi connectivity index (χ1v) is 5.09. The molecule has 0 aliphatic heterocycles. The standard InChI is InChI=1S/C10H19NO4/c1-4-14-10(15-5-2)7-11-9(13)6-8(3)12/h10H,4-7H2,1-3H3,(H,11,13). The van der Waals surface area contributed by atoms with E-state index in [-0.39, 0.29) is 24.7 Å². The van der Waals surface area contributed by atoms with Crippen molar-refractivity contribution in [2.45, 2.75) is 33.5 Å². The van der Waals surface area contributed by atoms with E-state index in [2.05, 4.69) is 5.32 Å². The summed E-state index contributed by atoms with van der Waals surface area (Å²) in [5, 5.41) is 2.57. The highest BCUT2D eigenvalue weighted by atomic mass is 16.7. The van der Waals surface area contributed by atoms with Crippen LogP contribution < -0.4 is 5.32 Å². The van der Waals surface area contributed by atoms with E-state index in [1.54, 1.807) is 0 Å². The average molecular weight is 217 g/mol. The van der Waals surface area contributed by atoms with Gasteiger partial charge < -0.3 is 14.8 Å². The van der Waals surface area contributed by atoms with Crippen LogP contribution in [0.25, 0.3) is 0 Å². The lowest BCUT2D eigenvalue weighted by Gasteiger charge is -2.17. The topological polar surface area (TPSA) is 64.6 Å². The molecule has 0 aliphatic rings. The minimum absolute atomic E-state index is 0.0923. The number of Topliss-reactive ketones (excluding diaryl/α,β-unsaturated/α-hetero) is 1. The number of hydrogen-bond acceptors (Lipinski definition) is 4. The largest absolute Gasteiger partial charge is 0.351 e. The van der Waals surface area contributed by atoms with Gasteiger partial charge in [-0.3, -0.25) is 9.59 Å². The second kappa shape index (κ2) is 8.38. The second-order valence-corrected chi connectivity index (χ2v) is 3.02. The molecule has 0 bridgehead atoms. The Labute approximate surface area is 90.1 Å². The number of hydrogen-bond donors (Lipinski definition) is 1. The number of rotatable bonds is 8. The van der Waals surface area contributed by atoms with E-state index >= 15 is 0 Å². The Morgan fingerprint density at radius 1 is 1.20 bits per heavy atom. The molecule has 0 fully saturated rings. The molecule has 0 atom stereocenters. The summed E-state index contributed by atoms with van der Waals surface area (Å²) >= 11 is 0. The third-order valence-corrected chi connectivity index (χ3v) is 1.58. The summed E-state index contributed by atoms with van der Waals surface area (Å²) in [5.41, 5.74) is 0. The molecule has 0 aromatic heterocycles. The zero-order chi connectivity index (χ0) is 11.7. The molecule has 0 unspecified atom stereocenters. The first-order chi connectivity index (χ1) is 7.10. The molecule has 0 aromatic carbocycles. The number of carbonyl (C=O) groups excluding carboxylic acids is 2. The molecule has 0 rings (SSSR count). The van der Waals surface area contributed by atoms with E-state index in [9.17, 15) is 9.59 Å². The molecule has 88 valence electrons. The maximum absolute atomic E-state index is 11.1. The summed E-state index contributed by atoms with van der Waals surface area (Å²) in [5.74, 6) is -0.455. The molecule has 0 heterocycles. The van der Waals surface area contributed by atoms with Crippen molar-refractivity contribution >= 4 is 11.7 Å². The molecule has 5 nitrogen and oxygen atoms in total. The van der Waals surface area contributed by atoms with Crippen LogP contribution in [0.2, 0.25) is 0 Å². The quantitative estimate of drug-likeness (QED) is 0.474. The van der Waals surface area contributed by atoms with Gasteiger partial charge in [-0.25, -0.2) is 0 Å². The second-order valence-electron chi connectivity index (χ2n) is 3.02. The maximum atomic E-state index is 11.1. The lowest BCUT2D eigenvalue weighted by molar-refractivity contribution is -0.141. The smallest absolute Gasteiger partial charge is 0.227 e. The normalized spacial score (nSPS) is 10.4. The number of ketones is 1. The number of amides is 1. The van der Waals surface area contributed by atoms with E-state index in [1.807, 2.05) is 13.8 Å². The van der Waals surface area contributed by atoms with E-state index < -0.39 is 6.29 Å². The zero-order valence-corrected chi connectivity index (χ0v) is 9.54. The molecule has 1 N–H and O–H groups in total. The van der Waals surface area contributed by atoms with Crippen molar-refractivity contribution in [1.82, 2.24) is 5.32 Å². The SMILES string of the molecule is CCOC(CNC(=O)CC(C)=O)OCC. The number of nitrogens with one attached hydrogen (secondary N) is 1. The molecule has 0 saturated carbocycles. The van der Waals surface area contributed by atoms with Crippen molar-refractivity contribution in [3.63, 3.8) is 0 Å². The van der Waals surface area contributed by atoms with Crippen LogP contribution in [-0.2, 0) is 19.1 Å². The molecule has 0 aromatic rings. The van der Waals surface area contributed by atoms with Crippen LogP contribution in [0.3, 0.4) is 0 Å². The van der Waals surface area contributed by atoms with E-state index in [0.717, 1.165) is 0 Å². The third kappa shape index (κ3) is 8.08. The summed E-state index contributed by atoms with van der Waals surface area (Å²) in [6.45, 7) is 6.39. The Morgan fingerprint density at radius 3 is 2.13 bits per heavy atom. The summed E-state index contributed by atoms with van der Waals surface area (Å²) in [4.78, 5) is 21.8. The van der Waals surface area contributed by atoms with Gasteiger partial charge in [0.25, 0.3) is 0 Å². The van der Waals surface area contributed by atoms with Crippen molar-refractivity contribution in [2.24, 2.45) is 0 Å². The van der Waals surface area contributed by atoms with E-state index in [4.69, 9.17) is 9.47 Å². The van der Waals surface area contributed by atoms with E-state index in [0.29, 0.717) is 13.2 Å². The maximum Gasteiger partial charge on any atom is 0.227 e. The van der Waals surface area contributed by atoms with Crippen LogP contribution in [-0.4, -0.2) is 37.7 Å². The van der Waals surface area contributed by atoms with Crippen molar-refractivity contribution in [3.05, 3.63) is 0 Å². The summed E-state index contributed by atoms with van der Waals surface area (Å²) in [7, 11) is 0. The van der Waals surface area contributed by atoms with Gasteiger partial charge in [0.1, 0.15) is 5.78 Å². The molecule has 0 saturated heterocycles. The van der Waals surface area contributed by atoms with Crippen molar-refractivity contribution in [1.29, 1.82) is 0 Å². The van der Waals surface area contributed by atoms with E-state index in [1.165, 1.54) is 6.92 Å². The van der Waals surface area contributed by atoms with Crippen LogP contribution >= 0.6 is 0 Å². The zero-order valence-electron chi connectivity index (χ0n) is 9.54. The molecule has 15 heavy (non-hydrogen) atoms. The van der Waals surface area contributed by atoms with Gasteiger partial charge in [-0.15, -0.1) is 0 Å². The minimum Gasteiger partial charge on any atom is -0.351 e. The Hall–Kier alpha value is -0.940. The van der Waals surface area contributed by atoms with Crippen molar-refractivity contribution in [3.8, 4) is 0 Å². The highest BCUT2D eigenvalue weighted by molar-refractivity contribution is 5.96. The van der Waals surface area contributed by atoms with Crippen LogP contribution in [0.15, 0.2) is 0 Å². The molecular formula is C10H19NO4. The lowest BCUT2D eigenvalue weighted by atomic mass is 10.3. The van der Waals surface area contributed by atoms with Gasteiger partial charge in [-0.1, -0.05) is 0 Å². The lowest BCUT2D eigenvalue weighted by Crippen LogP contribution is -2.36. The fourth-order valence-electron chi connectivity index (χ4n) is 1.02. The van der Waals surface area contributed by atoms with Crippen LogP contribution in [0.1, 0.15) is 27.2 Å². The van der Waals surface area contributed by atoms with Crippen LogP contribution in [0.4, 0.5) is 0 Å². The van der Waals surface area contributed by atoms with Gasteiger partial charge in [-0.2, -0.15) is 0 Å². The van der Waals surface area contributed by atoms with Gasteiger partial charge >= 0.3 is 0 Å². The summed E-state index contributed by atoms with van der Waals surface area (Å²) < 4.78 is 10.4. The van der Waals surface area contributed by atoms with Gasteiger partial charge in [0.2, 0.25) is 5.91 Å². The highest BCUT2D eigenvalue weighted by Crippen LogP contribution is 1.93. The summed E-state index contributed by atoms with van der Waals surface area (Å²) in [6, 6.07) is 0. The fraction of sp³-hybridized carbons (Fsp3) is 0.800. The van der Waals surface area contributed by atoms with Crippen molar-refractivity contribution in [2.75, 3.05) is 19.8 Å². The van der Waals surface area contributed by atoms with Crippen LogP contribution in [0, 0.1) is 0 Å². The Bertz CT molecular complexity index is 200. The monoisotopic (exact) mass is 217 g/mol. The van der Waals surface area contributed by atoms with Crippen LogP contribution in [0.5, 0.6) is 0 Å². The molecule has 0 radical (unpaired) electrons. The van der Waals surface area contributed by atoms with Gasteiger partial charge in [0.15, 0.2) is 6.29 Å². The van der Waals surface area contributed by atoms with Gasteiger partial charge in [0, 0.05) is 13.2 Å². The highest BCUT2D eigenvalue weighted by Gasteiger charge is 2.10. The number of carbonyl (C=O) groups is 2. The van der Waals surface area contributed by atoms with Gasteiger partial charge in [-0.05, 0) is 20.8 Å². The third-order valence-electron chi connectivity index (χ3n) is 1.58. The average Bonchev–Trinajstić information content (AvgIpc) is 2.14. The predicted molar refractivity (Wildman–Crippen MR) is 55.3 cm³/mol. The Balaban J connectivity index is 3.77. The van der Waals surface area contributed by atoms with Gasteiger partial charge in [0.05, 0.1) is 13.0 Å². The molecule has 0 aliphatic carbocycles. The molecule has 0 spiro atoms. The molecule has 5 heteroatoms. The Morgan fingerprint density at radius 2 is 1.73 bits per heavy atom. The predicted octanol–water partition coefficient (Wildman–Crippen LogP) is 0.481. The summed E-state index contributed by atoms with van der Waals surface area (Å²) in [6.07, 6.45) is -0.527. The molecular weight excluding hydrogens is 198 g/mol. The van der Waals surface area contributed by atoms with Crippen molar-refractivity contribution < 1.29 is 19.1 Å². The Kier molecular flexibility index (Phi) is 7.85.